The van der Waals surface area contributed by atoms with E-state index in [0.29, 0.717) is 17.1 Å². The molecule has 16 heavy (non-hydrogen) atoms. The first-order chi connectivity index (χ1) is 7.48. The van der Waals surface area contributed by atoms with Crippen molar-refractivity contribution >= 4 is 18.5 Å². The molecule has 86 valence electrons. The molecule has 1 saturated heterocycles. The van der Waals surface area contributed by atoms with Gasteiger partial charge >= 0.3 is 0 Å². The second-order valence-corrected chi connectivity index (χ2v) is 4.99. The molecule has 1 unspecified atom stereocenters. The largest absolute Gasteiger partial charge is 0.337 e. The van der Waals surface area contributed by atoms with E-state index in [0.717, 1.165) is 13.0 Å². The number of pyridine rings is 1. The van der Waals surface area contributed by atoms with Gasteiger partial charge in [0.05, 0.1) is 5.03 Å². The molecule has 1 aromatic heterocycles. The first kappa shape index (κ1) is 11.4. The van der Waals surface area contributed by atoms with Crippen LogP contribution >= 0.6 is 12.6 Å². The lowest BCUT2D eigenvalue weighted by Crippen LogP contribution is -2.40. The molecule has 2 rings (SSSR count). The van der Waals surface area contributed by atoms with Crippen LogP contribution in [0, 0.1) is 0 Å². The number of aromatic nitrogens is 1. The number of rotatable bonds is 1. The summed E-state index contributed by atoms with van der Waals surface area (Å²) >= 11 is 4.12. The smallest absolute Gasteiger partial charge is 0.254 e. The van der Waals surface area contributed by atoms with Gasteiger partial charge in [0, 0.05) is 30.4 Å². The third-order valence-corrected chi connectivity index (χ3v) is 3.03. The molecule has 1 aliphatic heterocycles. The number of hydrogen-bond donors (Lipinski definition) is 2. The molecule has 5 heteroatoms. The van der Waals surface area contributed by atoms with E-state index in [9.17, 15) is 4.79 Å². The first-order valence-electron chi connectivity index (χ1n) is 5.21. The van der Waals surface area contributed by atoms with Gasteiger partial charge in [-0.05, 0) is 25.5 Å². The monoisotopic (exact) mass is 237 g/mol. The third kappa shape index (κ3) is 2.36. The molecule has 0 saturated carbocycles. The Kier molecular flexibility index (Phi) is 2.90. The van der Waals surface area contributed by atoms with Crippen LogP contribution in [0.2, 0.25) is 0 Å². The number of hydrogen-bond acceptors (Lipinski definition) is 4. The van der Waals surface area contributed by atoms with Crippen molar-refractivity contribution in [1.82, 2.24) is 9.88 Å². The lowest BCUT2D eigenvalue weighted by Gasteiger charge is -2.19. The lowest BCUT2D eigenvalue weighted by atomic mass is 10.0. The van der Waals surface area contributed by atoms with Crippen LogP contribution < -0.4 is 5.73 Å². The highest BCUT2D eigenvalue weighted by Gasteiger charge is 2.32. The van der Waals surface area contributed by atoms with E-state index < -0.39 is 0 Å². The fourth-order valence-corrected chi connectivity index (χ4v) is 2.10. The number of carbonyl (C=O) groups excluding carboxylic acids is 1. The molecule has 1 aromatic rings. The second-order valence-electron chi connectivity index (χ2n) is 4.53. The van der Waals surface area contributed by atoms with Gasteiger partial charge in [0.1, 0.15) is 0 Å². The van der Waals surface area contributed by atoms with Gasteiger partial charge < -0.3 is 10.6 Å². The summed E-state index contributed by atoms with van der Waals surface area (Å²) in [5, 5.41) is 0.556. The quantitative estimate of drug-likeness (QED) is 0.714. The zero-order valence-corrected chi connectivity index (χ0v) is 10.1. The molecule has 1 aliphatic rings. The van der Waals surface area contributed by atoms with Crippen molar-refractivity contribution in [3.63, 3.8) is 0 Å². The van der Waals surface area contributed by atoms with E-state index in [-0.39, 0.29) is 11.4 Å². The summed E-state index contributed by atoms with van der Waals surface area (Å²) < 4.78 is 0. The minimum Gasteiger partial charge on any atom is -0.337 e. The molecule has 0 aromatic carbocycles. The summed E-state index contributed by atoms with van der Waals surface area (Å²) in [4.78, 5) is 17.8. The molecule has 1 amide bonds. The Balaban J connectivity index is 2.15. The normalized spacial score (nSPS) is 24.8. The van der Waals surface area contributed by atoms with E-state index in [1.165, 1.54) is 0 Å². The van der Waals surface area contributed by atoms with Crippen molar-refractivity contribution in [3.05, 3.63) is 23.9 Å². The number of likely N-dealkylation sites (tertiary alicyclic amines) is 1. The van der Waals surface area contributed by atoms with Gasteiger partial charge in [-0.15, -0.1) is 12.6 Å². The molecule has 1 fully saturated rings. The molecule has 2 heterocycles. The maximum Gasteiger partial charge on any atom is 0.254 e. The molecule has 1 atom stereocenters. The molecule has 0 spiro atoms. The lowest BCUT2D eigenvalue weighted by molar-refractivity contribution is 0.0784. The van der Waals surface area contributed by atoms with Gasteiger partial charge in [-0.3, -0.25) is 9.78 Å². The van der Waals surface area contributed by atoms with Crippen LogP contribution in [-0.4, -0.2) is 34.4 Å². The fourth-order valence-electron chi connectivity index (χ4n) is 1.89. The minimum absolute atomic E-state index is 0.00637. The van der Waals surface area contributed by atoms with Crippen LogP contribution in [0.1, 0.15) is 23.7 Å². The number of carbonyl (C=O) groups is 1. The maximum absolute atomic E-state index is 12.1. The van der Waals surface area contributed by atoms with E-state index >= 15 is 0 Å². The Bertz CT molecular complexity index is 419. The SMILES string of the molecule is CC1(N)CCN(C(=O)c2ccnc(S)c2)C1. The van der Waals surface area contributed by atoms with Crippen molar-refractivity contribution in [2.45, 2.75) is 23.9 Å². The Labute approximate surface area is 100 Å². The Morgan fingerprint density at radius 1 is 1.69 bits per heavy atom. The topological polar surface area (TPSA) is 59.2 Å². The van der Waals surface area contributed by atoms with E-state index in [1.54, 1.807) is 23.2 Å². The Hall–Kier alpha value is -1.07. The van der Waals surface area contributed by atoms with Crippen LogP contribution in [0.15, 0.2) is 23.4 Å². The molecule has 2 N–H and O–H groups in total. The molecular formula is C11H15N3OS. The van der Waals surface area contributed by atoms with Crippen molar-refractivity contribution < 1.29 is 4.79 Å². The minimum atomic E-state index is -0.257. The Morgan fingerprint density at radius 2 is 2.44 bits per heavy atom. The number of nitrogens with two attached hydrogens (primary N) is 1. The van der Waals surface area contributed by atoms with Crippen molar-refractivity contribution in [3.8, 4) is 0 Å². The van der Waals surface area contributed by atoms with E-state index in [4.69, 9.17) is 5.73 Å². The summed E-state index contributed by atoms with van der Waals surface area (Å²) in [6.07, 6.45) is 2.44. The summed E-state index contributed by atoms with van der Waals surface area (Å²) in [6, 6.07) is 3.38. The highest BCUT2D eigenvalue weighted by Crippen LogP contribution is 2.20. The zero-order valence-electron chi connectivity index (χ0n) is 9.18. The van der Waals surface area contributed by atoms with E-state index in [1.807, 2.05) is 6.92 Å². The molecule has 0 bridgehead atoms. The molecular weight excluding hydrogens is 222 g/mol. The molecule has 4 nitrogen and oxygen atoms in total. The van der Waals surface area contributed by atoms with Crippen LogP contribution in [0.3, 0.4) is 0 Å². The fraction of sp³-hybridized carbons (Fsp3) is 0.455. The predicted molar refractivity (Wildman–Crippen MR) is 64.6 cm³/mol. The van der Waals surface area contributed by atoms with Gasteiger partial charge in [-0.25, -0.2) is 0 Å². The number of nitrogens with zero attached hydrogens (tertiary/aromatic N) is 2. The van der Waals surface area contributed by atoms with Gasteiger partial charge in [-0.1, -0.05) is 0 Å². The highest BCUT2D eigenvalue weighted by atomic mass is 32.1. The number of amides is 1. The molecule has 0 radical (unpaired) electrons. The van der Waals surface area contributed by atoms with Crippen LogP contribution in [0.4, 0.5) is 0 Å². The van der Waals surface area contributed by atoms with Gasteiger partial charge in [0.25, 0.3) is 5.91 Å². The number of thiol groups is 1. The standard InChI is InChI=1S/C11H15N3OS/c1-11(12)3-5-14(7-11)10(15)8-2-4-13-9(16)6-8/h2,4,6H,3,5,7,12H2,1H3,(H,13,16). The Morgan fingerprint density at radius 3 is 3.00 bits per heavy atom. The van der Waals surface area contributed by atoms with Gasteiger partial charge in [-0.2, -0.15) is 0 Å². The van der Waals surface area contributed by atoms with Crippen molar-refractivity contribution in [2.24, 2.45) is 5.73 Å². The van der Waals surface area contributed by atoms with Crippen LogP contribution in [0.25, 0.3) is 0 Å². The summed E-state index contributed by atoms with van der Waals surface area (Å²) in [7, 11) is 0. The van der Waals surface area contributed by atoms with Crippen LogP contribution in [0.5, 0.6) is 0 Å². The van der Waals surface area contributed by atoms with Crippen molar-refractivity contribution in [1.29, 1.82) is 0 Å². The van der Waals surface area contributed by atoms with E-state index in [2.05, 4.69) is 17.6 Å². The summed E-state index contributed by atoms with van der Waals surface area (Å²) in [5.74, 6) is 0.00637. The van der Waals surface area contributed by atoms with Gasteiger partial charge in [0.2, 0.25) is 0 Å². The zero-order chi connectivity index (χ0) is 11.8. The van der Waals surface area contributed by atoms with Gasteiger partial charge in [0.15, 0.2) is 0 Å². The summed E-state index contributed by atoms with van der Waals surface area (Å²) in [6.45, 7) is 3.29. The first-order valence-corrected chi connectivity index (χ1v) is 5.66. The second kappa shape index (κ2) is 4.07. The average Bonchev–Trinajstić information content (AvgIpc) is 2.58. The third-order valence-electron chi connectivity index (χ3n) is 2.78. The average molecular weight is 237 g/mol. The highest BCUT2D eigenvalue weighted by molar-refractivity contribution is 7.80. The maximum atomic E-state index is 12.1. The van der Waals surface area contributed by atoms with Crippen LogP contribution in [-0.2, 0) is 0 Å². The van der Waals surface area contributed by atoms with Crippen molar-refractivity contribution in [2.75, 3.05) is 13.1 Å². The predicted octanol–water partition coefficient (Wildman–Crippen LogP) is 0.934. The molecule has 0 aliphatic carbocycles. The summed E-state index contributed by atoms with van der Waals surface area (Å²) in [5.41, 5.74) is 6.36.